The number of methoxy groups -OCH3 is 1. The highest BCUT2D eigenvalue weighted by Crippen LogP contribution is 2.31. The minimum atomic E-state index is -0.164. The lowest BCUT2D eigenvalue weighted by Crippen LogP contribution is -2.21. The number of nitrogens with zero attached hydrogens (tertiary/aromatic N) is 2. The molecule has 0 saturated heterocycles. The summed E-state index contributed by atoms with van der Waals surface area (Å²) in [4.78, 5) is 13.0. The van der Waals surface area contributed by atoms with Crippen molar-refractivity contribution in [3.05, 3.63) is 94.0 Å². The lowest BCUT2D eigenvalue weighted by atomic mass is 10.1. The molecule has 0 fully saturated rings. The molecule has 0 bridgehead atoms. The number of anilines is 1. The molecule has 0 radical (unpaired) electrons. The molecule has 0 spiro atoms. The van der Waals surface area contributed by atoms with Crippen LogP contribution in [0.2, 0.25) is 0 Å². The van der Waals surface area contributed by atoms with Gasteiger partial charge in [0.2, 0.25) is 0 Å². The van der Waals surface area contributed by atoms with E-state index in [4.69, 9.17) is 9.47 Å². The molecule has 162 valence electrons. The Morgan fingerprint density at radius 2 is 1.81 bits per heavy atom. The average molecular weight is 491 g/mol. The first-order valence-corrected chi connectivity index (χ1v) is 11.1. The summed E-state index contributed by atoms with van der Waals surface area (Å²) in [6.45, 7) is 2.38. The molecule has 0 N–H and O–H groups in total. The monoisotopic (exact) mass is 490 g/mol. The van der Waals surface area contributed by atoms with Crippen molar-refractivity contribution in [2.24, 2.45) is 5.10 Å². The first-order chi connectivity index (χ1) is 15.5. The number of carbonyl (C=O) groups is 1. The highest BCUT2D eigenvalue weighted by molar-refractivity contribution is 9.10. The molecular formula is C26H23BrN2O3. The van der Waals surface area contributed by atoms with E-state index in [2.05, 4.69) is 33.2 Å². The molecule has 0 saturated carbocycles. The third-order valence-corrected chi connectivity index (χ3v) is 5.60. The molecule has 32 heavy (non-hydrogen) atoms. The second-order valence-corrected chi connectivity index (χ2v) is 8.25. The largest absolute Gasteiger partial charge is 0.493 e. The van der Waals surface area contributed by atoms with Gasteiger partial charge in [-0.1, -0.05) is 58.4 Å². The number of benzene rings is 3. The SMILES string of the molecule is COc1cc(C=C2C(=O)N(c3cccc(Br)c3)N=C2C)ccc1OCCc1ccccc1. The number of hydrogen-bond donors (Lipinski definition) is 0. The van der Waals surface area contributed by atoms with Gasteiger partial charge >= 0.3 is 0 Å². The lowest BCUT2D eigenvalue weighted by molar-refractivity contribution is -0.114. The van der Waals surface area contributed by atoms with Crippen LogP contribution in [0, 0.1) is 0 Å². The summed E-state index contributed by atoms with van der Waals surface area (Å²) >= 11 is 3.44. The topological polar surface area (TPSA) is 51.1 Å². The Morgan fingerprint density at radius 3 is 2.56 bits per heavy atom. The Labute approximate surface area is 196 Å². The van der Waals surface area contributed by atoms with E-state index in [1.807, 2.05) is 73.7 Å². The van der Waals surface area contributed by atoms with Crippen LogP contribution in [0.25, 0.3) is 6.08 Å². The van der Waals surface area contributed by atoms with Gasteiger partial charge in [0.25, 0.3) is 5.91 Å². The van der Waals surface area contributed by atoms with Crippen molar-refractivity contribution in [3.63, 3.8) is 0 Å². The van der Waals surface area contributed by atoms with E-state index in [0.717, 1.165) is 16.5 Å². The molecule has 1 heterocycles. The predicted octanol–water partition coefficient (Wildman–Crippen LogP) is 5.89. The number of halogens is 1. The maximum absolute atomic E-state index is 13.0. The van der Waals surface area contributed by atoms with Crippen molar-refractivity contribution >= 4 is 39.3 Å². The van der Waals surface area contributed by atoms with Gasteiger partial charge in [-0.3, -0.25) is 4.79 Å². The molecule has 0 unspecified atom stereocenters. The average Bonchev–Trinajstić information content (AvgIpc) is 3.09. The van der Waals surface area contributed by atoms with Gasteiger partial charge in [0.05, 0.1) is 30.7 Å². The molecule has 1 aliphatic heterocycles. The third-order valence-electron chi connectivity index (χ3n) is 5.11. The van der Waals surface area contributed by atoms with Gasteiger partial charge in [0.15, 0.2) is 11.5 Å². The highest BCUT2D eigenvalue weighted by atomic mass is 79.9. The molecular weight excluding hydrogens is 468 g/mol. The van der Waals surface area contributed by atoms with Crippen LogP contribution in [-0.2, 0) is 11.2 Å². The number of rotatable bonds is 7. The maximum atomic E-state index is 13.0. The zero-order valence-corrected chi connectivity index (χ0v) is 19.5. The van der Waals surface area contributed by atoms with E-state index in [0.29, 0.717) is 35.1 Å². The van der Waals surface area contributed by atoms with Crippen LogP contribution >= 0.6 is 15.9 Å². The quantitative estimate of drug-likeness (QED) is 0.388. The van der Waals surface area contributed by atoms with Crippen LogP contribution < -0.4 is 14.5 Å². The van der Waals surface area contributed by atoms with Crippen molar-refractivity contribution < 1.29 is 14.3 Å². The number of amides is 1. The lowest BCUT2D eigenvalue weighted by Gasteiger charge is -2.12. The van der Waals surface area contributed by atoms with Crippen molar-refractivity contribution in [1.82, 2.24) is 0 Å². The fourth-order valence-electron chi connectivity index (χ4n) is 3.45. The van der Waals surface area contributed by atoms with Crippen molar-refractivity contribution in [3.8, 4) is 11.5 Å². The highest BCUT2D eigenvalue weighted by Gasteiger charge is 2.28. The van der Waals surface area contributed by atoms with E-state index in [9.17, 15) is 4.79 Å². The fraction of sp³-hybridized carbons (Fsp3) is 0.154. The van der Waals surface area contributed by atoms with Gasteiger partial charge in [0, 0.05) is 10.9 Å². The maximum Gasteiger partial charge on any atom is 0.280 e. The zero-order valence-electron chi connectivity index (χ0n) is 17.9. The summed E-state index contributed by atoms with van der Waals surface area (Å²) in [7, 11) is 1.61. The van der Waals surface area contributed by atoms with Crippen LogP contribution in [-0.4, -0.2) is 25.3 Å². The molecule has 0 atom stereocenters. The standard InChI is InChI=1S/C26H23BrN2O3/c1-18-23(26(30)29(28-18)22-10-6-9-21(27)17-22)15-20-11-12-24(25(16-20)31-2)32-14-13-19-7-4-3-5-8-19/h3-12,15-17H,13-14H2,1-2H3. The van der Waals surface area contributed by atoms with Gasteiger partial charge in [-0.2, -0.15) is 10.1 Å². The Balaban J connectivity index is 1.50. The predicted molar refractivity (Wildman–Crippen MR) is 131 cm³/mol. The fourth-order valence-corrected chi connectivity index (χ4v) is 3.84. The summed E-state index contributed by atoms with van der Waals surface area (Å²) in [5, 5.41) is 5.86. The van der Waals surface area contributed by atoms with Crippen molar-refractivity contribution in [1.29, 1.82) is 0 Å². The van der Waals surface area contributed by atoms with Gasteiger partial charge in [0.1, 0.15) is 0 Å². The minimum Gasteiger partial charge on any atom is -0.493 e. The van der Waals surface area contributed by atoms with E-state index < -0.39 is 0 Å². The van der Waals surface area contributed by atoms with E-state index >= 15 is 0 Å². The smallest absolute Gasteiger partial charge is 0.280 e. The van der Waals surface area contributed by atoms with Crippen LogP contribution in [0.1, 0.15) is 18.1 Å². The van der Waals surface area contributed by atoms with E-state index in [1.54, 1.807) is 7.11 Å². The second-order valence-electron chi connectivity index (χ2n) is 7.33. The zero-order chi connectivity index (χ0) is 22.5. The normalized spacial score (nSPS) is 14.6. The van der Waals surface area contributed by atoms with Gasteiger partial charge < -0.3 is 9.47 Å². The number of carbonyl (C=O) groups excluding carboxylic acids is 1. The minimum absolute atomic E-state index is 0.164. The summed E-state index contributed by atoms with van der Waals surface area (Å²) in [5.74, 6) is 1.13. The van der Waals surface area contributed by atoms with Gasteiger partial charge in [-0.05, 0) is 54.5 Å². The van der Waals surface area contributed by atoms with Crippen LogP contribution in [0.15, 0.2) is 87.9 Å². The number of hydrazone groups is 1. The summed E-state index contributed by atoms with van der Waals surface area (Å²) in [6.07, 6.45) is 2.64. The van der Waals surface area contributed by atoms with Gasteiger partial charge in [-0.25, -0.2) is 0 Å². The molecule has 0 aromatic heterocycles. The first kappa shape index (κ1) is 21.8. The Hall–Kier alpha value is -3.38. The van der Waals surface area contributed by atoms with Gasteiger partial charge in [-0.15, -0.1) is 0 Å². The van der Waals surface area contributed by atoms with E-state index in [1.165, 1.54) is 10.6 Å². The van der Waals surface area contributed by atoms with Crippen LogP contribution in [0.4, 0.5) is 5.69 Å². The molecule has 1 amide bonds. The Kier molecular flexibility index (Phi) is 6.71. The number of ether oxygens (including phenoxy) is 2. The molecule has 4 rings (SSSR count). The summed E-state index contributed by atoms with van der Waals surface area (Å²) < 4.78 is 12.4. The first-order valence-electron chi connectivity index (χ1n) is 10.3. The molecule has 0 aliphatic carbocycles. The van der Waals surface area contributed by atoms with Crippen LogP contribution in [0.5, 0.6) is 11.5 Å². The summed E-state index contributed by atoms with van der Waals surface area (Å²) in [6, 6.07) is 23.4. The molecule has 3 aromatic carbocycles. The summed E-state index contributed by atoms with van der Waals surface area (Å²) in [5.41, 5.74) is 3.98. The molecule has 3 aromatic rings. The third kappa shape index (κ3) is 4.92. The van der Waals surface area contributed by atoms with Crippen molar-refractivity contribution in [2.45, 2.75) is 13.3 Å². The molecule has 5 nitrogen and oxygen atoms in total. The Bertz CT molecular complexity index is 1190. The van der Waals surface area contributed by atoms with Crippen LogP contribution in [0.3, 0.4) is 0 Å². The second kappa shape index (κ2) is 9.83. The van der Waals surface area contributed by atoms with E-state index in [-0.39, 0.29) is 5.91 Å². The van der Waals surface area contributed by atoms with Crippen molar-refractivity contribution in [2.75, 3.05) is 18.7 Å². The Morgan fingerprint density at radius 1 is 1.00 bits per heavy atom. The number of hydrogen-bond acceptors (Lipinski definition) is 4. The molecule has 1 aliphatic rings. The molecule has 6 heteroatoms.